The van der Waals surface area contributed by atoms with Gasteiger partial charge in [0.15, 0.2) is 0 Å². The Kier molecular flexibility index (Phi) is 5.70. The highest BCUT2D eigenvalue weighted by Gasteiger charge is 2.23. The Labute approximate surface area is 126 Å². The predicted octanol–water partition coefficient (Wildman–Crippen LogP) is 3.06. The minimum atomic E-state index is -0.483. The summed E-state index contributed by atoms with van der Waals surface area (Å²) in [6.07, 6.45) is 0.798. The Hall–Kier alpha value is -0.770. The van der Waals surface area contributed by atoms with Crippen LogP contribution < -0.4 is 4.74 Å². The number of para-hydroxylation sites is 1. The second-order valence-corrected chi connectivity index (χ2v) is 6.47. The second kappa shape index (κ2) is 7.30. The van der Waals surface area contributed by atoms with Gasteiger partial charge in [0.25, 0.3) is 0 Å². The van der Waals surface area contributed by atoms with Crippen LogP contribution >= 0.6 is 11.6 Å². The van der Waals surface area contributed by atoms with Crippen LogP contribution in [0.3, 0.4) is 0 Å². The number of piperidine rings is 1. The predicted molar refractivity (Wildman–Crippen MR) is 82.3 cm³/mol. The van der Waals surface area contributed by atoms with Gasteiger partial charge in [-0.25, -0.2) is 0 Å². The lowest BCUT2D eigenvalue weighted by atomic mass is 9.92. The van der Waals surface area contributed by atoms with Crippen molar-refractivity contribution in [1.82, 2.24) is 4.90 Å². The summed E-state index contributed by atoms with van der Waals surface area (Å²) in [6.45, 7) is 7.62. The molecule has 2 rings (SSSR count). The van der Waals surface area contributed by atoms with Crippen molar-refractivity contribution < 1.29 is 9.84 Å². The van der Waals surface area contributed by atoms with Crippen LogP contribution in [0.1, 0.15) is 20.3 Å². The number of benzene rings is 1. The van der Waals surface area contributed by atoms with Crippen molar-refractivity contribution in [3.63, 3.8) is 0 Å². The molecular weight excluding hydrogens is 274 g/mol. The van der Waals surface area contributed by atoms with E-state index >= 15 is 0 Å². The van der Waals surface area contributed by atoms with Gasteiger partial charge in [-0.15, -0.1) is 0 Å². The van der Waals surface area contributed by atoms with Crippen molar-refractivity contribution in [3.05, 3.63) is 29.3 Å². The third-order valence-corrected chi connectivity index (χ3v) is 3.99. The molecule has 0 radical (unpaired) electrons. The van der Waals surface area contributed by atoms with Crippen LogP contribution in [0.5, 0.6) is 5.75 Å². The van der Waals surface area contributed by atoms with Gasteiger partial charge in [-0.2, -0.15) is 0 Å². The molecule has 0 saturated carbocycles. The fraction of sp³-hybridized carbons (Fsp3) is 0.625. The summed E-state index contributed by atoms with van der Waals surface area (Å²) < 4.78 is 5.59. The number of aliphatic hydroxyl groups is 1. The van der Waals surface area contributed by atoms with Crippen LogP contribution in [0.4, 0.5) is 0 Å². The molecule has 0 bridgehead atoms. The quantitative estimate of drug-likeness (QED) is 0.907. The zero-order chi connectivity index (χ0) is 14.5. The van der Waals surface area contributed by atoms with E-state index < -0.39 is 6.10 Å². The molecule has 20 heavy (non-hydrogen) atoms. The monoisotopic (exact) mass is 297 g/mol. The molecule has 1 aliphatic heterocycles. The van der Waals surface area contributed by atoms with Gasteiger partial charge in [0, 0.05) is 19.6 Å². The fourth-order valence-corrected chi connectivity index (χ4v) is 3.23. The van der Waals surface area contributed by atoms with E-state index in [1.54, 1.807) is 6.07 Å². The number of rotatable bonds is 5. The summed E-state index contributed by atoms with van der Waals surface area (Å²) in [4.78, 5) is 2.33. The molecule has 1 N–H and O–H groups in total. The van der Waals surface area contributed by atoms with E-state index in [1.165, 1.54) is 6.42 Å². The number of halogens is 1. The molecule has 0 aromatic heterocycles. The van der Waals surface area contributed by atoms with Crippen LogP contribution in [0.2, 0.25) is 5.02 Å². The maximum absolute atomic E-state index is 10.1. The van der Waals surface area contributed by atoms with E-state index in [1.807, 2.05) is 18.2 Å². The highest BCUT2D eigenvalue weighted by molar-refractivity contribution is 6.32. The average Bonchev–Trinajstić information content (AvgIpc) is 2.36. The van der Waals surface area contributed by atoms with E-state index in [2.05, 4.69) is 18.7 Å². The van der Waals surface area contributed by atoms with Crippen molar-refractivity contribution >= 4 is 11.6 Å². The Morgan fingerprint density at radius 1 is 1.30 bits per heavy atom. The maximum atomic E-state index is 10.1. The number of nitrogens with zero attached hydrogens (tertiary/aromatic N) is 1. The molecule has 1 fully saturated rings. The van der Waals surface area contributed by atoms with Gasteiger partial charge in [-0.1, -0.05) is 37.6 Å². The van der Waals surface area contributed by atoms with Crippen molar-refractivity contribution in [2.24, 2.45) is 11.8 Å². The first-order valence-corrected chi connectivity index (χ1v) is 7.70. The fourth-order valence-electron chi connectivity index (χ4n) is 3.04. The molecule has 1 saturated heterocycles. The summed E-state index contributed by atoms with van der Waals surface area (Å²) in [6, 6.07) is 7.35. The smallest absolute Gasteiger partial charge is 0.138 e. The maximum Gasteiger partial charge on any atom is 0.138 e. The highest BCUT2D eigenvalue weighted by atomic mass is 35.5. The number of hydrogen-bond acceptors (Lipinski definition) is 3. The summed E-state index contributed by atoms with van der Waals surface area (Å²) in [5.74, 6) is 2.04. The van der Waals surface area contributed by atoms with Gasteiger partial charge in [0.05, 0.1) is 5.02 Å². The van der Waals surface area contributed by atoms with Crippen LogP contribution in [0, 0.1) is 11.8 Å². The van der Waals surface area contributed by atoms with E-state index in [4.69, 9.17) is 16.3 Å². The molecule has 3 nitrogen and oxygen atoms in total. The van der Waals surface area contributed by atoms with Crippen molar-refractivity contribution in [1.29, 1.82) is 0 Å². The molecule has 1 heterocycles. The van der Waals surface area contributed by atoms with Gasteiger partial charge in [0.1, 0.15) is 18.5 Å². The molecule has 0 spiro atoms. The highest BCUT2D eigenvalue weighted by Crippen LogP contribution is 2.24. The van der Waals surface area contributed by atoms with Gasteiger partial charge in [-0.3, -0.25) is 0 Å². The SMILES string of the molecule is C[C@@H]1C[C@H](C)CN(C[C@@H](O)COc2ccccc2Cl)C1. The molecule has 1 aliphatic rings. The first-order chi connectivity index (χ1) is 9.54. The molecule has 3 atom stereocenters. The minimum Gasteiger partial charge on any atom is -0.489 e. The number of hydrogen-bond donors (Lipinski definition) is 1. The molecule has 4 heteroatoms. The number of aliphatic hydroxyl groups excluding tert-OH is 1. The zero-order valence-electron chi connectivity index (χ0n) is 12.3. The van der Waals surface area contributed by atoms with Gasteiger partial charge in [-0.05, 0) is 30.4 Å². The Balaban J connectivity index is 1.78. The molecule has 0 unspecified atom stereocenters. The zero-order valence-corrected chi connectivity index (χ0v) is 13.0. The van der Waals surface area contributed by atoms with Crippen molar-refractivity contribution in [3.8, 4) is 5.75 Å². The van der Waals surface area contributed by atoms with Crippen LogP contribution in [0.15, 0.2) is 24.3 Å². The van der Waals surface area contributed by atoms with Gasteiger partial charge >= 0.3 is 0 Å². The lowest BCUT2D eigenvalue weighted by Gasteiger charge is -2.35. The van der Waals surface area contributed by atoms with Gasteiger partial charge in [0.2, 0.25) is 0 Å². The largest absolute Gasteiger partial charge is 0.489 e. The third-order valence-electron chi connectivity index (χ3n) is 3.68. The Morgan fingerprint density at radius 2 is 1.95 bits per heavy atom. The summed E-state index contributed by atoms with van der Waals surface area (Å²) in [5, 5.41) is 10.7. The lowest BCUT2D eigenvalue weighted by molar-refractivity contribution is 0.0429. The number of likely N-dealkylation sites (tertiary alicyclic amines) is 1. The lowest BCUT2D eigenvalue weighted by Crippen LogP contribution is -2.44. The molecule has 1 aromatic carbocycles. The molecule has 0 amide bonds. The summed E-state index contributed by atoms with van der Waals surface area (Å²) in [7, 11) is 0. The van der Waals surface area contributed by atoms with Gasteiger partial charge < -0.3 is 14.7 Å². The van der Waals surface area contributed by atoms with E-state index in [0.29, 0.717) is 29.2 Å². The Morgan fingerprint density at radius 3 is 2.60 bits per heavy atom. The average molecular weight is 298 g/mol. The van der Waals surface area contributed by atoms with Crippen LogP contribution in [0.25, 0.3) is 0 Å². The number of ether oxygens (including phenoxy) is 1. The minimum absolute atomic E-state index is 0.281. The van der Waals surface area contributed by atoms with Crippen molar-refractivity contribution in [2.75, 3.05) is 26.2 Å². The first kappa shape index (κ1) is 15.6. The standard InChI is InChI=1S/C16H24ClNO2/c1-12-7-13(2)9-18(8-12)10-14(19)11-20-16-6-4-3-5-15(16)17/h3-6,12-14,19H,7-11H2,1-2H3/t12-,13+,14-/m1/s1. The number of β-amino-alcohol motifs (C(OH)–C–C–N with tert-alkyl or cyclic N) is 1. The van der Waals surface area contributed by atoms with Crippen LogP contribution in [-0.2, 0) is 0 Å². The first-order valence-electron chi connectivity index (χ1n) is 7.32. The molecule has 1 aromatic rings. The Bertz CT molecular complexity index is 417. The third kappa shape index (κ3) is 4.65. The second-order valence-electron chi connectivity index (χ2n) is 6.06. The van der Waals surface area contributed by atoms with Crippen LogP contribution in [-0.4, -0.2) is 42.4 Å². The van der Waals surface area contributed by atoms with Crippen molar-refractivity contribution in [2.45, 2.75) is 26.4 Å². The molecule has 0 aliphatic carbocycles. The molecular formula is C16H24ClNO2. The normalized spacial score (nSPS) is 25.4. The summed E-state index contributed by atoms with van der Waals surface area (Å²) in [5.41, 5.74) is 0. The summed E-state index contributed by atoms with van der Waals surface area (Å²) >= 11 is 6.02. The topological polar surface area (TPSA) is 32.7 Å². The van der Waals surface area contributed by atoms with E-state index in [9.17, 15) is 5.11 Å². The van der Waals surface area contributed by atoms with E-state index in [0.717, 1.165) is 13.1 Å². The van der Waals surface area contributed by atoms with E-state index in [-0.39, 0.29) is 6.61 Å². The molecule has 112 valence electrons.